The van der Waals surface area contributed by atoms with E-state index in [1.807, 2.05) is 54.6 Å². The van der Waals surface area contributed by atoms with Crippen molar-refractivity contribution in [2.75, 3.05) is 0 Å². The SMILES string of the molecule is N#Cc1nc2ccccc2n1C(=O)c1cccc2ccccc12. The van der Waals surface area contributed by atoms with Crippen molar-refractivity contribution in [1.29, 1.82) is 5.26 Å². The minimum atomic E-state index is -0.243. The van der Waals surface area contributed by atoms with Gasteiger partial charge in [0.15, 0.2) is 0 Å². The molecule has 3 aromatic carbocycles. The molecule has 0 aliphatic carbocycles. The van der Waals surface area contributed by atoms with Crippen LogP contribution in [0.2, 0.25) is 0 Å². The van der Waals surface area contributed by atoms with Gasteiger partial charge in [0.1, 0.15) is 6.07 Å². The lowest BCUT2D eigenvalue weighted by Gasteiger charge is -2.08. The molecule has 0 atom stereocenters. The summed E-state index contributed by atoms with van der Waals surface area (Å²) < 4.78 is 1.39. The first-order valence-electron chi connectivity index (χ1n) is 7.19. The number of rotatable bonds is 1. The number of imidazole rings is 1. The van der Waals surface area contributed by atoms with Crippen LogP contribution in [0.25, 0.3) is 21.8 Å². The van der Waals surface area contributed by atoms with Crippen molar-refractivity contribution in [3.8, 4) is 6.07 Å². The second-order valence-corrected chi connectivity index (χ2v) is 5.20. The van der Waals surface area contributed by atoms with E-state index >= 15 is 0 Å². The Hall–Kier alpha value is -3.45. The molecule has 0 radical (unpaired) electrons. The van der Waals surface area contributed by atoms with E-state index in [1.165, 1.54) is 4.57 Å². The zero-order chi connectivity index (χ0) is 15.8. The Morgan fingerprint density at radius 2 is 1.70 bits per heavy atom. The Morgan fingerprint density at radius 3 is 2.57 bits per heavy atom. The van der Waals surface area contributed by atoms with Crippen LogP contribution in [0.15, 0.2) is 66.7 Å². The lowest BCUT2D eigenvalue weighted by molar-refractivity contribution is 0.0965. The Kier molecular flexibility index (Phi) is 2.92. The van der Waals surface area contributed by atoms with Gasteiger partial charge in [-0.3, -0.25) is 4.79 Å². The molecule has 4 rings (SSSR count). The van der Waals surface area contributed by atoms with E-state index in [1.54, 1.807) is 18.2 Å². The molecule has 1 aromatic heterocycles. The Balaban J connectivity index is 2.01. The van der Waals surface area contributed by atoms with Gasteiger partial charge in [0.05, 0.1) is 11.0 Å². The number of fused-ring (bicyclic) bond motifs is 2. The highest BCUT2D eigenvalue weighted by Gasteiger charge is 2.19. The van der Waals surface area contributed by atoms with E-state index in [-0.39, 0.29) is 11.7 Å². The van der Waals surface area contributed by atoms with Crippen LogP contribution in [0.3, 0.4) is 0 Å². The number of hydrogen-bond donors (Lipinski definition) is 0. The molecule has 108 valence electrons. The van der Waals surface area contributed by atoms with Gasteiger partial charge in [0, 0.05) is 5.56 Å². The fourth-order valence-electron chi connectivity index (χ4n) is 2.84. The van der Waals surface area contributed by atoms with Crippen LogP contribution in [-0.2, 0) is 0 Å². The van der Waals surface area contributed by atoms with E-state index in [4.69, 9.17) is 0 Å². The highest BCUT2D eigenvalue weighted by Crippen LogP contribution is 2.23. The minimum absolute atomic E-state index is 0.101. The van der Waals surface area contributed by atoms with Crippen LogP contribution in [0, 0.1) is 11.3 Å². The summed E-state index contributed by atoms with van der Waals surface area (Å²) >= 11 is 0. The van der Waals surface area contributed by atoms with Gasteiger partial charge in [0.2, 0.25) is 5.82 Å². The summed E-state index contributed by atoms with van der Waals surface area (Å²) in [6.45, 7) is 0. The summed E-state index contributed by atoms with van der Waals surface area (Å²) in [6.07, 6.45) is 0. The van der Waals surface area contributed by atoms with Crippen molar-refractivity contribution in [3.63, 3.8) is 0 Å². The van der Waals surface area contributed by atoms with Crippen molar-refractivity contribution < 1.29 is 4.79 Å². The largest absolute Gasteiger partial charge is 0.268 e. The highest BCUT2D eigenvalue weighted by atomic mass is 16.2. The van der Waals surface area contributed by atoms with Gasteiger partial charge in [-0.15, -0.1) is 0 Å². The van der Waals surface area contributed by atoms with Crippen molar-refractivity contribution >= 4 is 27.7 Å². The van der Waals surface area contributed by atoms with Crippen LogP contribution in [0.1, 0.15) is 16.2 Å². The summed E-state index contributed by atoms with van der Waals surface area (Å²) in [7, 11) is 0. The van der Waals surface area contributed by atoms with Crippen molar-refractivity contribution in [1.82, 2.24) is 9.55 Å². The van der Waals surface area contributed by atoms with Crippen LogP contribution < -0.4 is 0 Å². The highest BCUT2D eigenvalue weighted by molar-refractivity contribution is 6.10. The average Bonchev–Trinajstić information content (AvgIpc) is 2.99. The Labute approximate surface area is 132 Å². The molecule has 0 saturated carbocycles. The maximum atomic E-state index is 13.1. The summed E-state index contributed by atoms with van der Waals surface area (Å²) in [6, 6.07) is 22.6. The molecule has 0 bridgehead atoms. The number of aromatic nitrogens is 2. The number of nitriles is 1. The van der Waals surface area contributed by atoms with Gasteiger partial charge in [-0.25, -0.2) is 9.55 Å². The van der Waals surface area contributed by atoms with Crippen LogP contribution in [0.5, 0.6) is 0 Å². The summed E-state index contributed by atoms with van der Waals surface area (Å²) in [5.74, 6) is -0.142. The molecule has 0 saturated heterocycles. The lowest BCUT2D eigenvalue weighted by atomic mass is 10.0. The molecule has 0 aliphatic heterocycles. The quantitative estimate of drug-likeness (QED) is 0.537. The zero-order valence-electron chi connectivity index (χ0n) is 12.1. The second kappa shape index (κ2) is 5.08. The van der Waals surface area contributed by atoms with Gasteiger partial charge in [0.25, 0.3) is 5.91 Å². The second-order valence-electron chi connectivity index (χ2n) is 5.20. The predicted molar refractivity (Wildman–Crippen MR) is 88.1 cm³/mol. The number of para-hydroxylation sites is 2. The van der Waals surface area contributed by atoms with E-state index < -0.39 is 0 Å². The molecule has 23 heavy (non-hydrogen) atoms. The topological polar surface area (TPSA) is 58.7 Å². The molecule has 4 aromatic rings. The van der Waals surface area contributed by atoms with E-state index in [2.05, 4.69) is 4.98 Å². The molecular formula is C19H11N3O. The van der Waals surface area contributed by atoms with Gasteiger partial charge in [-0.05, 0) is 29.0 Å². The number of hydrogen-bond acceptors (Lipinski definition) is 3. The number of carbonyl (C=O) groups excluding carboxylic acids is 1. The summed E-state index contributed by atoms with van der Waals surface area (Å²) in [5, 5.41) is 11.2. The standard InChI is InChI=1S/C19H11N3O/c20-12-18-21-16-10-3-4-11-17(16)22(18)19(23)15-9-5-7-13-6-1-2-8-14(13)15/h1-11H. The first kappa shape index (κ1) is 13.2. The molecule has 0 spiro atoms. The third-order valence-electron chi connectivity index (χ3n) is 3.88. The van der Waals surface area contributed by atoms with Gasteiger partial charge < -0.3 is 0 Å². The molecular weight excluding hydrogens is 286 g/mol. The molecule has 0 amide bonds. The average molecular weight is 297 g/mol. The van der Waals surface area contributed by atoms with E-state index in [0.717, 1.165) is 10.8 Å². The van der Waals surface area contributed by atoms with Gasteiger partial charge in [-0.1, -0.05) is 48.5 Å². The fourth-order valence-corrected chi connectivity index (χ4v) is 2.84. The van der Waals surface area contributed by atoms with Crippen LogP contribution in [-0.4, -0.2) is 15.5 Å². The lowest BCUT2D eigenvalue weighted by Crippen LogP contribution is -2.14. The van der Waals surface area contributed by atoms with Crippen molar-refractivity contribution in [2.45, 2.75) is 0 Å². The summed E-state index contributed by atoms with van der Waals surface area (Å²) in [4.78, 5) is 17.3. The van der Waals surface area contributed by atoms with Crippen LogP contribution >= 0.6 is 0 Å². The fraction of sp³-hybridized carbons (Fsp3) is 0. The van der Waals surface area contributed by atoms with Gasteiger partial charge in [-0.2, -0.15) is 5.26 Å². The predicted octanol–water partition coefficient (Wildman–Crippen LogP) is 3.75. The number of benzene rings is 3. The smallest absolute Gasteiger partial charge is 0.265 e. The first-order chi connectivity index (χ1) is 11.3. The molecule has 0 fully saturated rings. The third kappa shape index (κ3) is 1.99. The Morgan fingerprint density at radius 1 is 0.957 bits per heavy atom. The van der Waals surface area contributed by atoms with Crippen molar-refractivity contribution in [3.05, 3.63) is 78.1 Å². The van der Waals surface area contributed by atoms with Crippen LogP contribution in [0.4, 0.5) is 0 Å². The number of carbonyl (C=O) groups is 1. The first-order valence-corrected chi connectivity index (χ1v) is 7.19. The maximum absolute atomic E-state index is 13.1. The minimum Gasteiger partial charge on any atom is -0.268 e. The molecule has 0 unspecified atom stereocenters. The molecule has 4 heteroatoms. The molecule has 0 aliphatic rings. The van der Waals surface area contributed by atoms with E-state index in [9.17, 15) is 10.1 Å². The summed E-state index contributed by atoms with van der Waals surface area (Å²) in [5.41, 5.74) is 1.84. The zero-order valence-corrected chi connectivity index (χ0v) is 12.1. The molecule has 0 N–H and O–H groups in total. The van der Waals surface area contributed by atoms with Gasteiger partial charge >= 0.3 is 0 Å². The maximum Gasteiger partial charge on any atom is 0.265 e. The third-order valence-corrected chi connectivity index (χ3v) is 3.88. The Bertz CT molecular complexity index is 1100. The number of nitrogens with zero attached hydrogens (tertiary/aromatic N) is 3. The monoisotopic (exact) mass is 297 g/mol. The van der Waals surface area contributed by atoms with E-state index in [0.29, 0.717) is 16.6 Å². The normalized spacial score (nSPS) is 10.7. The van der Waals surface area contributed by atoms with Crippen molar-refractivity contribution in [2.24, 2.45) is 0 Å². The molecule has 1 heterocycles. The molecule has 4 nitrogen and oxygen atoms in total.